The smallest absolute Gasteiger partial charge is 0.315 e. The molecule has 2 atom stereocenters. The van der Waals surface area contributed by atoms with E-state index in [2.05, 4.69) is 10.6 Å². The van der Waals surface area contributed by atoms with E-state index >= 15 is 0 Å². The Bertz CT molecular complexity index is 521. The summed E-state index contributed by atoms with van der Waals surface area (Å²) >= 11 is 0. The summed E-state index contributed by atoms with van der Waals surface area (Å²) in [5, 5.41) is 14.4. The lowest BCUT2D eigenvalue weighted by Crippen LogP contribution is -2.45. The minimum Gasteiger partial charge on any atom is -0.481 e. The Kier molecular flexibility index (Phi) is 5.14. The van der Waals surface area contributed by atoms with Gasteiger partial charge in [0.25, 0.3) is 0 Å². The third-order valence-corrected chi connectivity index (χ3v) is 3.74. The molecule has 0 saturated heterocycles. The topological polar surface area (TPSA) is 78.4 Å². The van der Waals surface area contributed by atoms with Crippen LogP contribution in [0.15, 0.2) is 24.3 Å². The van der Waals surface area contributed by atoms with Crippen molar-refractivity contribution in [2.75, 3.05) is 6.54 Å². The van der Waals surface area contributed by atoms with Crippen LogP contribution in [0.3, 0.4) is 0 Å². The molecule has 0 radical (unpaired) electrons. The largest absolute Gasteiger partial charge is 0.481 e. The molecule has 0 bridgehead atoms. The summed E-state index contributed by atoms with van der Waals surface area (Å²) in [6, 6.07) is 5.54. The maximum atomic E-state index is 13.0. The fourth-order valence-corrected chi connectivity index (χ4v) is 2.66. The maximum absolute atomic E-state index is 13.0. The van der Waals surface area contributed by atoms with E-state index in [0.29, 0.717) is 25.8 Å². The Labute approximate surface area is 122 Å². The summed E-state index contributed by atoms with van der Waals surface area (Å²) in [5.74, 6) is -1.66. The first kappa shape index (κ1) is 15.3. The van der Waals surface area contributed by atoms with E-state index in [0.717, 1.165) is 12.0 Å². The van der Waals surface area contributed by atoms with Crippen molar-refractivity contribution in [3.05, 3.63) is 35.6 Å². The zero-order chi connectivity index (χ0) is 15.2. The lowest BCUT2D eigenvalue weighted by molar-refractivity contribution is -0.142. The first-order valence-electron chi connectivity index (χ1n) is 7.08. The van der Waals surface area contributed by atoms with Gasteiger partial charge >= 0.3 is 12.0 Å². The molecule has 1 saturated carbocycles. The average molecular weight is 294 g/mol. The highest BCUT2D eigenvalue weighted by Crippen LogP contribution is 2.25. The highest BCUT2D eigenvalue weighted by atomic mass is 19.1. The lowest BCUT2D eigenvalue weighted by Gasteiger charge is -2.18. The number of aliphatic carboxylic acids is 1. The van der Waals surface area contributed by atoms with E-state index in [4.69, 9.17) is 5.11 Å². The van der Waals surface area contributed by atoms with Crippen molar-refractivity contribution >= 4 is 12.0 Å². The van der Waals surface area contributed by atoms with Gasteiger partial charge in [-0.3, -0.25) is 4.79 Å². The summed E-state index contributed by atoms with van der Waals surface area (Å²) in [6.45, 7) is 0.375. The molecule has 6 heteroatoms. The van der Waals surface area contributed by atoms with Crippen molar-refractivity contribution in [1.29, 1.82) is 0 Å². The molecule has 2 unspecified atom stereocenters. The number of rotatable bonds is 5. The van der Waals surface area contributed by atoms with Gasteiger partial charge in [0.15, 0.2) is 0 Å². The Morgan fingerprint density at radius 2 is 2.14 bits per heavy atom. The molecule has 21 heavy (non-hydrogen) atoms. The number of carbonyl (C=O) groups excluding carboxylic acids is 1. The second-order valence-electron chi connectivity index (χ2n) is 5.26. The standard InChI is InChI=1S/C15H19FN2O3/c16-11-4-1-3-10(9-11)7-8-17-15(21)18-13-6-2-5-12(13)14(19)20/h1,3-4,9,12-13H,2,5-8H2,(H,19,20)(H2,17,18,21). The van der Waals surface area contributed by atoms with Crippen molar-refractivity contribution in [3.63, 3.8) is 0 Å². The van der Waals surface area contributed by atoms with E-state index in [1.807, 2.05) is 0 Å². The first-order chi connectivity index (χ1) is 10.1. The quantitative estimate of drug-likeness (QED) is 0.776. The van der Waals surface area contributed by atoms with Gasteiger partial charge in [-0.25, -0.2) is 9.18 Å². The lowest BCUT2D eigenvalue weighted by atomic mass is 10.0. The van der Waals surface area contributed by atoms with E-state index in [1.54, 1.807) is 12.1 Å². The second-order valence-corrected chi connectivity index (χ2v) is 5.26. The highest BCUT2D eigenvalue weighted by molar-refractivity contribution is 5.77. The van der Waals surface area contributed by atoms with Gasteiger partial charge in [0.2, 0.25) is 0 Å². The van der Waals surface area contributed by atoms with Gasteiger partial charge in [-0.15, -0.1) is 0 Å². The molecular weight excluding hydrogens is 275 g/mol. The van der Waals surface area contributed by atoms with Gasteiger partial charge < -0.3 is 15.7 Å². The van der Waals surface area contributed by atoms with Gasteiger partial charge in [-0.1, -0.05) is 18.6 Å². The molecule has 2 amide bonds. The summed E-state index contributed by atoms with van der Waals surface area (Å²) < 4.78 is 13.0. The van der Waals surface area contributed by atoms with Crippen LogP contribution < -0.4 is 10.6 Å². The molecule has 2 rings (SSSR count). The molecule has 1 aromatic carbocycles. The Morgan fingerprint density at radius 3 is 2.86 bits per heavy atom. The minimum atomic E-state index is -0.863. The van der Waals surface area contributed by atoms with Crippen molar-refractivity contribution in [1.82, 2.24) is 10.6 Å². The van der Waals surface area contributed by atoms with Gasteiger partial charge in [0.05, 0.1) is 5.92 Å². The number of hydrogen-bond donors (Lipinski definition) is 3. The SMILES string of the molecule is O=C(NCCc1cccc(F)c1)NC1CCCC1C(=O)O. The maximum Gasteiger partial charge on any atom is 0.315 e. The van der Waals surface area contributed by atoms with Crippen LogP contribution in [0.2, 0.25) is 0 Å². The van der Waals surface area contributed by atoms with E-state index in [9.17, 15) is 14.0 Å². The van der Waals surface area contributed by atoms with Crippen LogP contribution in [0.4, 0.5) is 9.18 Å². The van der Waals surface area contributed by atoms with Crippen LogP contribution in [-0.4, -0.2) is 29.7 Å². The van der Waals surface area contributed by atoms with Crippen molar-refractivity contribution in [2.45, 2.75) is 31.7 Å². The second kappa shape index (κ2) is 7.06. The fraction of sp³-hybridized carbons (Fsp3) is 0.467. The van der Waals surface area contributed by atoms with Gasteiger partial charge in [0.1, 0.15) is 5.82 Å². The molecule has 0 aromatic heterocycles. The summed E-state index contributed by atoms with van der Waals surface area (Å²) in [7, 11) is 0. The average Bonchev–Trinajstić information content (AvgIpc) is 2.87. The molecule has 0 heterocycles. The number of benzene rings is 1. The molecule has 1 aromatic rings. The number of amides is 2. The third-order valence-electron chi connectivity index (χ3n) is 3.74. The number of carboxylic acids is 1. The monoisotopic (exact) mass is 294 g/mol. The Morgan fingerprint density at radius 1 is 1.33 bits per heavy atom. The predicted octanol–water partition coefficient (Wildman–Crippen LogP) is 1.92. The molecule has 1 fully saturated rings. The molecule has 5 nitrogen and oxygen atoms in total. The molecule has 1 aliphatic carbocycles. The minimum absolute atomic E-state index is 0.299. The predicted molar refractivity (Wildman–Crippen MR) is 75.4 cm³/mol. The number of urea groups is 1. The molecule has 3 N–H and O–H groups in total. The highest BCUT2D eigenvalue weighted by Gasteiger charge is 2.33. The van der Waals surface area contributed by atoms with Gasteiger partial charge in [-0.2, -0.15) is 0 Å². The van der Waals surface area contributed by atoms with Crippen LogP contribution in [0.5, 0.6) is 0 Å². The van der Waals surface area contributed by atoms with E-state index < -0.39 is 11.9 Å². The van der Waals surface area contributed by atoms with Crippen LogP contribution in [0, 0.1) is 11.7 Å². The van der Waals surface area contributed by atoms with Crippen LogP contribution >= 0.6 is 0 Å². The summed E-state index contributed by atoms with van der Waals surface area (Å²) in [5.41, 5.74) is 0.805. The number of carboxylic acid groups (broad SMARTS) is 1. The summed E-state index contributed by atoms with van der Waals surface area (Å²) in [4.78, 5) is 22.8. The number of hydrogen-bond acceptors (Lipinski definition) is 2. The van der Waals surface area contributed by atoms with Crippen molar-refractivity contribution in [2.24, 2.45) is 5.92 Å². The Hall–Kier alpha value is -2.11. The van der Waals surface area contributed by atoms with Crippen LogP contribution in [0.1, 0.15) is 24.8 Å². The molecule has 0 spiro atoms. The van der Waals surface area contributed by atoms with E-state index in [-0.39, 0.29) is 17.9 Å². The summed E-state index contributed by atoms with van der Waals surface area (Å²) in [6.07, 6.45) is 2.63. The third kappa shape index (κ3) is 4.44. The fourth-order valence-electron chi connectivity index (χ4n) is 2.66. The first-order valence-corrected chi connectivity index (χ1v) is 7.08. The van der Waals surface area contributed by atoms with E-state index in [1.165, 1.54) is 12.1 Å². The van der Waals surface area contributed by atoms with Crippen LogP contribution in [0.25, 0.3) is 0 Å². The van der Waals surface area contributed by atoms with Crippen molar-refractivity contribution < 1.29 is 19.1 Å². The zero-order valence-electron chi connectivity index (χ0n) is 11.6. The van der Waals surface area contributed by atoms with Crippen molar-refractivity contribution in [3.8, 4) is 0 Å². The normalized spacial score (nSPS) is 21.0. The number of carbonyl (C=O) groups is 2. The van der Waals surface area contributed by atoms with Crippen LogP contribution in [-0.2, 0) is 11.2 Å². The Balaban J connectivity index is 1.74. The number of nitrogens with one attached hydrogen (secondary N) is 2. The molecule has 114 valence electrons. The van der Waals surface area contributed by atoms with Gasteiger partial charge in [0, 0.05) is 12.6 Å². The zero-order valence-corrected chi connectivity index (χ0v) is 11.6. The molecule has 1 aliphatic rings. The number of halogens is 1. The molecule has 0 aliphatic heterocycles. The molecular formula is C15H19FN2O3. The van der Waals surface area contributed by atoms with Gasteiger partial charge in [-0.05, 0) is 37.0 Å².